The standard InChI is InChI=1S/C6H5BrClFN2O/c7-4-5(8)10-3-11(2-1-9)6(4)12/h3H,1-2H2. The molecule has 0 atom stereocenters. The van der Waals surface area contributed by atoms with Crippen molar-refractivity contribution in [2.75, 3.05) is 6.67 Å². The first-order valence-corrected chi connectivity index (χ1v) is 4.30. The molecule has 0 fully saturated rings. The Bertz CT molecular complexity index is 341. The zero-order chi connectivity index (χ0) is 9.14. The van der Waals surface area contributed by atoms with Crippen molar-refractivity contribution in [2.24, 2.45) is 0 Å². The lowest BCUT2D eigenvalue weighted by molar-refractivity contribution is 0.437. The van der Waals surface area contributed by atoms with Gasteiger partial charge < -0.3 is 0 Å². The Labute approximate surface area is 81.3 Å². The topological polar surface area (TPSA) is 34.9 Å². The van der Waals surface area contributed by atoms with Crippen LogP contribution in [0.1, 0.15) is 0 Å². The predicted octanol–water partition coefficient (Wildman–Crippen LogP) is 1.63. The molecule has 0 bridgehead atoms. The normalized spacial score (nSPS) is 10.2. The maximum Gasteiger partial charge on any atom is 0.269 e. The minimum absolute atomic E-state index is 0.00159. The molecule has 3 nitrogen and oxygen atoms in total. The summed E-state index contributed by atoms with van der Waals surface area (Å²) in [6, 6.07) is 0. The third kappa shape index (κ3) is 1.84. The molecular weight excluding hydrogens is 250 g/mol. The van der Waals surface area contributed by atoms with E-state index in [-0.39, 0.29) is 21.7 Å². The van der Waals surface area contributed by atoms with Crippen LogP contribution in [0.25, 0.3) is 0 Å². The van der Waals surface area contributed by atoms with E-state index in [1.807, 2.05) is 0 Å². The molecule has 1 heterocycles. The van der Waals surface area contributed by atoms with Crippen LogP contribution >= 0.6 is 27.5 Å². The van der Waals surface area contributed by atoms with Crippen molar-refractivity contribution in [3.63, 3.8) is 0 Å². The molecule has 0 radical (unpaired) electrons. The highest BCUT2D eigenvalue weighted by Gasteiger charge is 2.05. The molecule has 0 saturated carbocycles. The first kappa shape index (κ1) is 9.67. The van der Waals surface area contributed by atoms with Gasteiger partial charge in [0, 0.05) is 0 Å². The Kier molecular flexibility index (Phi) is 3.22. The Morgan fingerprint density at radius 3 is 3.00 bits per heavy atom. The molecule has 12 heavy (non-hydrogen) atoms. The summed E-state index contributed by atoms with van der Waals surface area (Å²) in [7, 11) is 0. The Hall–Kier alpha value is -0.420. The van der Waals surface area contributed by atoms with E-state index in [0.717, 1.165) is 4.57 Å². The lowest BCUT2D eigenvalue weighted by Crippen LogP contribution is -2.22. The molecule has 0 aliphatic rings. The second-order valence-electron chi connectivity index (χ2n) is 2.04. The Balaban J connectivity index is 3.18. The number of hydrogen-bond donors (Lipinski definition) is 0. The van der Waals surface area contributed by atoms with E-state index in [1.54, 1.807) is 0 Å². The fourth-order valence-electron chi connectivity index (χ4n) is 0.694. The lowest BCUT2D eigenvalue weighted by atomic mass is 10.6. The summed E-state index contributed by atoms with van der Waals surface area (Å²) in [4.78, 5) is 14.9. The number of hydrogen-bond acceptors (Lipinski definition) is 2. The molecule has 0 aromatic carbocycles. The molecule has 0 saturated heterocycles. The highest BCUT2D eigenvalue weighted by atomic mass is 79.9. The fourth-order valence-corrected chi connectivity index (χ4v) is 1.15. The van der Waals surface area contributed by atoms with E-state index in [9.17, 15) is 9.18 Å². The molecule has 1 aromatic rings. The van der Waals surface area contributed by atoms with Crippen LogP contribution in [0, 0.1) is 0 Å². The summed E-state index contributed by atoms with van der Waals surface area (Å²) in [5, 5.41) is 0.0927. The molecule has 1 rings (SSSR count). The molecule has 0 spiro atoms. The molecule has 0 aliphatic heterocycles. The summed E-state index contributed by atoms with van der Waals surface area (Å²) >= 11 is 8.47. The molecule has 0 unspecified atom stereocenters. The van der Waals surface area contributed by atoms with Crippen molar-refractivity contribution >= 4 is 27.5 Å². The van der Waals surface area contributed by atoms with Gasteiger partial charge in [0.2, 0.25) is 0 Å². The zero-order valence-corrected chi connectivity index (χ0v) is 8.27. The van der Waals surface area contributed by atoms with Crippen molar-refractivity contribution in [3.05, 3.63) is 26.3 Å². The van der Waals surface area contributed by atoms with E-state index in [1.165, 1.54) is 6.33 Å². The van der Waals surface area contributed by atoms with Gasteiger partial charge in [-0.3, -0.25) is 9.36 Å². The molecule has 1 aromatic heterocycles. The van der Waals surface area contributed by atoms with Gasteiger partial charge in [0.1, 0.15) is 11.1 Å². The quantitative estimate of drug-likeness (QED) is 0.753. The van der Waals surface area contributed by atoms with Gasteiger partial charge in [-0.1, -0.05) is 11.6 Å². The Morgan fingerprint density at radius 1 is 1.75 bits per heavy atom. The lowest BCUT2D eigenvalue weighted by Gasteiger charge is -2.01. The van der Waals surface area contributed by atoms with Gasteiger partial charge in [0.25, 0.3) is 5.56 Å². The predicted molar refractivity (Wildman–Crippen MR) is 47.2 cm³/mol. The third-order valence-corrected chi connectivity index (χ3v) is 2.50. The largest absolute Gasteiger partial charge is 0.296 e. The summed E-state index contributed by atoms with van der Waals surface area (Å²) in [6.07, 6.45) is 1.22. The van der Waals surface area contributed by atoms with Crippen molar-refractivity contribution in [3.8, 4) is 0 Å². The van der Waals surface area contributed by atoms with E-state index in [2.05, 4.69) is 20.9 Å². The van der Waals surface area contributed by atoms with Gasteiger partial charge in [0.05, 0.1) is 12.9 Å². The van der Waals surface area contributed by atoms with E-state index in [0.29, 0.717) is 0 Å². The smallest absolute Gasteiger partial charge is 0.269 e. The van der Waals surface area contributed by atoms with Crippen molar-refractivity contribution < 1.29 is 4.39 Å². The van der Waals surface area contributed by atoms with Crippen molar-refractivity contribution in [1.82, 2.24) is 9.55 Å². The van der Waals surface area contributed by atoms with Crippen LogP contribution < -0.4 is 5.56 Å². The third-order valence-electron chi connectivity index (χ3n) is 1.27. The molecule has 66 valence electrons. The summed E-state index contributed by atoms with van der Waals surface area (Å²) < 4.78 is 13.2. The summed E-state index contributed by atoms with van der Waals surface area (Å²) in [6.45, 7) is -0.600. The van der Waals surface area contributed by atoms with Crippen molar-refractivity contribution in [2.45, 2.75) is 6.54 Å². The molecule has 0 aliphatic carbocycles. The second kappa shape index (κ2) is 4.00. The zero-order valence-electron chi connectivity index (χ0n) is 5.93. The highest BCUT2D eigenvalue weighted by Crippen LogP contribution is 2.13. The van der Waals surface area contributed by atoms with E-state index in [4.69, 9.17) is 11.6 Å². The van der Waals surface area contributed by atoms with E-state index < -0.39 is 6.67 Å². The minimum atomic E-state index is -0.602. The first-order chi connectivity index (χ1) is 5.66. The number of aryl methyl sites for hydroxylation is 1. The van der Waals surface area contributed by atoms with Crippen LogP contribution in [0.5, 0.6) is 0 Å². The summed E-state index contributed by atoms with van der Waals surface area (Å²) in [5.41, 5.74) is -0.368. The van der Waals surface area contributed by atoms with Crippen LogP contribution in [-0.2, 0) is 6.54 Å². The average molecular weight is 255 g/mol. The van der Waals surface area contributed by atoms with Crippen LogP contribution in [-0.4, -0.2) is 16.2 Å². The first-order valence-electron chi connectivity index (χ1n) is 3.13. The minimum Gasteiger partial charge on any atom is -0.296 e. The molecule has 0 N–H and O–H groups in total. The van der Waals surface area contributed by atoms with Crippen LogP contribution in [0.15, 0.2) is 15.6 Å². The number of halogens is 3. The number of alkyl halides is 1. The van der Waals surface area contributed by atoms with Crippen LogP contribution in [0.3, 0.4) is 0 Å². The maximum absolute atomic E-state index is 11.9. The molecule has 6 heteroatoms. The van der Waals surface area contributed by atoms with Gasteiger partial charge in [-0.25, -0.2) is 9.37 Å². The molecule has 0 amide bonds. The van der Waals surface area contributed by atoms with Gasteiger partial charge >= 0.3 is 0 Å². The van der Waals surface area contributed by atoms with Gasteiger partial charge in [-0.15, -0.1) is 0 Å². The number of nitrogens with zero attached hydrogens (tertiary/aromatic N) is 2. The number of aromatic nitrogens is 2. The van der Waals surface area contributed by atoms with E-state index >= 15 is 0 Å². The average Bonchev–Trinajstić information content (AvgIpc) is 2.07. The fraction of sp³-hybridized carbons (Fsp3) is 0.333. The highest BCUT2D eigenvalue weighted by molar-refractivity contribution is 9.10. The Morgan fingerprint density at radius 2 is 2.42 bits per heavy atom. The van der Waals surface area contributed by atoms with Gasteiger partial charge in [-0.2, -0.15) is 0 Å². The summed E-state index contributed by atoms with van der Waals surface area (Å²) in [5.74, 6) is 0. The molecular formula is C6H5BrClFN2O. The second-order valence-corrected chi connectivity index (χ2v) is 3.19. The monoisotopic (exact) mass is 254 g/mol. The van der Waals surface area contributed by atoms with Gasteiger partial charge in [0.15, 0.2) is 5.15 Å². The van der Waals surface area contributed by atoms with Gasteiger partial charge in [-0.05, 0) is 15.9 Å². The van der Waals surface area contributed by atoms with Crippen LogP contribution in [0.2, 0.25) is 5.15 Å². The SMILES string of the molecule is O=c1c(Br)c(Cl)ncn1CCF. The van der Waals surface area contributed by atoms with Crippen LogP contribution in [0.4, 0.5) is 4.39 Å². The maximum atomic E-state index is 11.9. The van der Waals surface area contributed by atoms with Crippen molar-refractivity contribution in [1.29, 1.82) is 0 Å². The number of rotatable bonds is 2.